The van der Waals surface area contributed by atoms with Crippen LogP contribution in [-0.4, -0.2) is 58.9 Å². The van der Waals surface area contributed by atoms with E-state index in [-0.39, 0.29) is 37.1 Å². The van der Waals surface area contributed by atoms with Crippen LogP contribution >= 0.6 is 0 Å². The minimum absolute atomic E-state index is 0.0171. The number of halogens is 2. The maximum Gasteiger partial charge on any atom is 0.387 e. The van der Waals surface area contributed by atoms with E-state index in [1.54, 1.807) is 24.0 Å². The van der Waals surface area contributed by atoms with Gasteiger partial charge in [0.05, 0.1) is 6.54 Å². The molecule has 1 N–H and O–H groups in total. The third kappa shape index (κ3) is 7.06. The molecule has 0 bridgehead atoms. The van der Waals surface area contributed by atoms with Gasteiger partial charge in [0.2, 0.25) is 11.8 Å². The van der Waals surface area contributed by atoms with Gasteiger partial charge in [-0.25, -0.2) is 0 Å². The second-order valence-corrected chi connectivity index (χ2v) is 6.82. The highest BCUT2D eigenvalue weighted by atomic mass is 19.3. The van der Waals surface area contributed by atoms with E-state index in [2.05, 4.69) is 4.74 Å². The van der Waals surface area contributed by atoms with Crippen LogP contribution in [0.25, 0.3) is 0 Å². The molecule has 0 aliphatic carbocycles. The van der Waals surface area contributed by atoms with Crippen molar-refractivity contribution in [2.45, 2.75) is 32.5 Å². The first-order valence-electron chi connectivity index (χ1n) is 9.59. The van der Waals surface area contributed by atoms with Crippen LogP contribution < -0.4 is 4.74 Å². The molecule has 3 rings (SSSR count). The molecule has 31 heavy (non-hydrogen) atoms. The molecule has 166 valence electrons. The lowest BCUT2D eigenvalue weighted by molar-refractivity contribution is -0.155. The fourth-order valence-electron chi connectivity index (χ4n) is 3.29. The fraction of sp³-hybridized carbons (Fsp3) is 0.318. The molecule has 0 unspecified atom stereocenters. The first-order valence-corrected chi connectivity index (χ1v) is 9.59. The van der Waals surface area contributed by atoms with Gasteiger partial charge in [-0.2, -0.15) is 8.78 Å². The van der Waals surface area contributed by atoms with Crippen molar-refractivity contribution < 1.29 is 33.0 Å². The molecule has 1 saturated heterocycles. The SMILES string of the molecule is C[C@H]1C(=O)N(CCc2ccccc2)CC(=O)N1Cc1cccc(OC(F)F)c1.O=CO. The summed E-state index contributed by atoms with van der Waals surface area (Å²) in [6.45, 7) is -0.813. The molecule has 1 fully saturated rings. The molecule has 1 atom stereocenters. The number of piperazine rings is 1. The lowest BCUT2D eigenvalue weighted by atomic mass is 10.1. The Hall–Kier alpha value is -3.49. The highest BCUT2D eigenvalue weighted by Gasteiger charge is 2.36. The molecule has 2 aromatic rings. The average Bonchev–Trinajstić information content (AvgIpc) is 2.74. The molecule has 0 saturated carbocycles. The molecule has 1 aliphatic heterocycles. The van der Waals surface area contributed by atoms with Crippen LogP contribution in [0.5, 0.6) is 5.75 Å². The molecule has 1 heterocycles. The van der Waals surface area contributed by atoms with E-state index in [1.165, 1.54) is 17.0 Å². The van der Waals surface area contributed by atoms with Gasteiger partial charge in [-0.15, -0.1) is 0 Å². The van der Waals surface area contributed by atoms with Crippen molar-refractivity contribution in [1.29, 1.82) is 0 Å². The molecule has 0 spiro atoms. The zero-order chi connectivity index (χ0) is 22.8. The summed E-state index contributed by atoms with van der Waals surface area (Å²) < 4.78 is 29.2. The van der Waals surface area contributed by atoms with Gasteiger partial charge >= 0.3 is 6.61 Å². The lowest BCUT2D eigenvalue weighted by Gasteiger charge is -2.39. The molecule has 9 heteroatoms. The third-order valence-electron chi connectivity index (χ3n) is 4.77. The van der Waals surface area contributed by atoms with Crippen molar-refractivity contribution >= 4 is 18.3 Å². The van der Waals surface area contributed by atoms with E-state index in [1.807, 2.05) is 30.3 Å². The quantitative estimate of drug-likeness (QED) is 0.678. The Bertz CT molecular complexity index is 879. The molecule has 0 aromatic heterocycles. The van der Waals surface area contributed by atoms with Crippen molar-refractivity contribution in [1.82, 2.24) is 9.80 Å². The lowest BCUT2D eigenvalue weighted by Crippen LogP contribution is -2.58. The van der Waals surface area contributed by atoms with Crippen LogP contribution in [-0.2, 0) is 27.3 Å². The summed E-state index contributed by atoms with van der Waals surface area (Å²) in [5.74, 6) is -0.253. The predicted molar refractivity (Wildman–Crippen MR) is 109 cm³/mol. The van der Waals surface area contributed by atoms with E-state index in [0.29, 0.717) is 18.5 Å². The van der Waals surface area contributed by atoms with E-state index in [0.717, 1.165) is 5.56 Å². The maximum atomic E-state index is 12.7. The van der Waals surface area contributed by atoms with Gasteiger partial charge in [-0.05, 0) is 36.6 Å². The number of carbonyl (C=O) groups is 3. The Labute approximate surface area is 178 Å². The van der Waals surface area contributed by atoms with Gasteiger partial charge in [-0.1, -0.05) is 42.5 Å². The van der Waals surface area contributed by atoms with Crippen molar-refractivity contribution in [3.05, 3.63) is 65.7 Å². The first-order chi connectivity index (χ1) is 14.8. The van der Waals surface area contributed by atoms with Gasteiger partial charge < -0.3 is 19.6 Å². The van der Waals surface area contributed by atoms with E-state index >= 15 is 0 Å². The van der Waals surface area contributed by atoms with Gasteiger partial charge in [0.1, 0.15) is 11.8 Å². The summed E-state index contributed by atoms with van der Waals surface area (Å²) in [5.41, 5.74) is 1.73. The normalized spacial score (nSPS) is 16.1. The summed E-state index contributed by atoms with van der Waals surface area (Å²) >= 11 is 0. The van der Waals surface area contributed by atoms with Crippen LogP contribution in [0.15, 0.2) is 54.6 Å². The van der Waals surface area contributed by atoms with Gasteiger partial charge in [0.25, 0.3) is 6.47 Å². The number of hydrogen-bond acceptors (Lipinski definition) is 4. The molecule has 1 aliphatic rings. The highest BCUT2D eigenvalue weighted by Crippen LogP contribution is 2.21. The minimum atomic E-state index is -2.91. The van der Waals surface area contributed by atoms with Gasteiger partial charge in [-0.3, -0.25) is 14.4 Å². The summed E-state index contributed by atoms with van der Waals surface area (Å²) in [6, 6.07) is 15.3. The standard InChI is InChI=1S/C21H22F2N2O3.CH2O2/c1-15-20(27)24(11-10-16-6-3-2-4-7-16)14-19(26)25(15)13-17-8-5-9-18(12-17)28-21(22)23;2-1-3/h2-9,12,15,21H,10-11,13-14H2,1H3;1H,(H,2,3)/t15-;/m0./s1. The number of benzene rings is 2. The Morgan fingerprint density at radius 3 is 2.42 bits per heavy atom. The van der Waals surface area contributed by atoms with Crippen LogP contribution in [0, 0.1) is 0 Å². The Morgan fingerprint density at radius 1 is 1.13 bits per heavy atom. The summed E-state index contributed by atoms with van der Waals surface area (Å²) in [6.07, 6.45) is 0.680. The number of rotatable bonds is 7. The van der Waals surface area contributed by atoms with Crippen LogP contribution in [0.3, 0.4) is 0 Å². The molecule has 2 aromatic carbocycles. The topological polar surface area (TPSA) is 87.2 Å². The summed E-state index contributed by atoms with van der Waals surface area (Å²) in [4.78, 5) is 36.7. The number of hydrogen-bond donors (Lipinski definition) is 1. The average molecular weight is 434 g/mol. The number of ether oxygens (including phenoxy) is 1. The van der Waals surface area contributed by atoms with E-state index in [4.69, 9.17) is 9.90 Å². The third-order valence-corrected chi connectivity index (χ3v) is 4.77. The second kappa shape index (κ2) is 11.6. The second-order valence-electron chi connectivity index (χ2n) is 6.82. The first kappa shape index (κ1) is 23.8. The fourth-order valence-corrected chi connectivity index (χ4v) is 3.29. The Morgan fingerprint density at radius 2 is 1.77 bits per heavy atom. The van der Waals surface area contributed by atoms with Crippen molar-refractivity contribution in [3.8, 4) is 5.75 Å². The molecular formula is C22H24F2N2O5. The Balaban J connectivity index is 0.00000107. The number of alkyl halides is 2. The minimum Gasteiger partial charge on any atom is -0.483 e. The van der Waals surface area contributed by atoms with Crippen molar-refractivity contribution in [2.24, 2.45) is 0 Å². The van der Waals surface area contributed by atoms with Crippen LogP contribution in [0.2, 0.25) is 0 Å². The smallest absolute Gasteiger partial charge is 0.387 e. The van der Waals surface area contributed by atoms with Crippen LogP contribution in [0.4, 0.5) is 8.78 Å². The number of nitrogens with zero attached hydrogens (tertiary/aromatic N) is 2. The van der Waals surface area contributed by atoms with E-state index in [9.17, 15) is 18.4 Å². The largest absolute Gasteiger partial charge is 0.483 e. The van der Waals surface area contributed by atoms with Gasteiger partial charge in [0.15, 0.2) is 0 Å². The molecular weight excluding hydrogens is 410 g/mol. The van der Waals surface area contributed by atoms with Crippen LogP contribution in [0.1, 0.15) is 18.1 Å². The van der Waals surface area contributed by atoms with Crippen molar-refractivity contribution in [2.75, 3.05) is 13.1 Å². The monoisotopic (exact) mass is 434 g/mol. The summed E-state index contributed by atoms with van der Waals surface area (Å²) in [7, 11) is 0. The maximum absolute atomic E-state index is 12.7. The number of carboxylic acid groups (broad SMARTS) is 1. The number of amides is 2. The molecule has 7 nitrogen and oxygen atoms in total. The number of carbonyl (C=O) groups excluding carboxylic acids is 2. The van der Waals surface area contributed by atoms with E-state index < -0.39 is 12.7 Å². The Kier molecular flexibility index (Phi) is 8.93. The molecule has 0 radical (unpaired) electrons. The zero-order valence-electron chi connectivity index (χ0n) is 17.0. The summed E-state index contributed by atoms with van der Waals surface area (Å²) in [5, 5.41) is 6.89. The van der Waals surface area contributed by atoms with Crippen molar-refractivity contribution in [3.63, 3.8) is 0 Å². The van der Waals surface area contributed by atoms with Gasteiger partial charge in [0, 0.05) is 13.1 Å². The molecule has 2 amide bonds. The predicted octanol–water partition coefficient (Wildman–Crippen LogP) is 2.79. The zero-order valence-corrected chi connectivity index (χ0v) is 17.0. The highest BCUT2D eigenvalue weighted by molar-refractivity contribution is 5.94.